The number of hydrogen-bond donors (Lipinski definition) is 1. The summed E-state index contributed by atoms with van der Waals surface area (Å²) in [4.78, 5) is 25.8. The lowest BCUT2D eigenvalue weighted by Gasteiger charge is -2.12. The molecule has 0 atom stereocenters. The number of methoxy groups -OCH3 is 2. The maximum absolute atomic E-state index is 13.0. The van der Waals surface area contributed by atoms with E-state index in [-0.39, 0.29) is 11.4 Å². The highest BCUT2D eigenvalue weighted by molar-refractivity contribution is 6.05. The molecule has 0 fully saturated rings. The molecule has 4 heterocycles. The van der Waals surface area contributed by atoms with Gasteiger partial charge in [-0.05, 0) is 43.3 Å². The van der Waals surface area contributed by atoms with Crippen LogP contribution in [0.3, 0.4) is 0 Å². The fraction of sp³-hybridized carbons (Fsp3) is 0.148. The Hall–Kier alpha value is -5.19. The molecule has 0 aliphatic heterocycles. The molecule has 11 nitrogen and oxygen atoms in total. The first-order valence-electron chi connectivity index (χ1n) is 11.7. The van der Waals surface area contributed by atoms with Gasteiger partial charge in [-0.2, -0.15) is 0 Å². The van der Waals surface area contributed by atoms with Gasteiger partial charge in [0.25, 0.3) is 5.91 Å². The number of hydrogen-bond acceptors (Lipinski definition) is 9. The van der Waals surface area contributed by atoms with Crippen LogP contribution in [0.4, 0.5) is 5.82 Å². The van der Waals surface area contributed by atoms with Crippen LogP contribution in [-0.2, 0) is 0 Å². The normalized spacial score (nSPS) is 10.7. The Morgan fingerprint density at radius 2 is 1.82 bits per heavy atom. The van der Waals surface area contributed by atoms with Crippen molar-refractivity contribution in [1.82, 2.24) is 24.7 Å². The summed E-state index contributed by atoms with van der Waals surface area (Å²) in [6, 6.07) is 12.3. The number of benzene rings is 1. The van der Waals surface area contributed by atoms with Gasteiger partial charge in [0.2, 0.25) is 5.88 Å². The maximum Gasteiger partial charge on any atom is 0.263 e. The highest BCUT2D eigenvalue weighted by Gasteiger charge is 2.19. The largest absolute Gasteiger partial charge is 0.493 e. The summed E-state index contributed by atoms with van der Waals surface area (Å²) in [6.45, 7) is 2.18. The van der Waals surface area contributed by atoms with Gasteiger partial charge in [0, 0.05) is 30.0 Å². The molecule has 0 unspecified atom stereocenters. The number of pyridine rings is 3. The fourth-order valence-corrected chi connectivity index (χ4v) is 3.74. The van der Waals surface area contributed by atoms with Gasteiger partial charge in [0.1, 0.15) is 22.9 Å². The van der Waals surface area contributed by atoms with E-state index in [0.717, 1.165) is 5.39 Å². The number of anilines is 1. The third-order valence-corrected chi connectivity index (χ3v) is 5.53. The lowest BCUT2D eigenvalue weighted by molar-refractivity contribution is 0.102. The summed E-state index contributed by atoms with van der Waals surface area (Å²) < 4.78 is 23.9. The van der Waals surface area contributed by atoms with Crippen LogP contribution < -0.4 is 24.3 Å². The number of ether oxygens (including phenoxy) is 4. The lowest BCUT2D eigenvalue weighted by Crippen LogP contribution is -2.13. The third-order valence-electron chi connectivity index (χ3n) is 5.53. The number of fused-ring (bicyclic) bond motifs is 1. The number of nitrogens with one attached hydrogen (secondary N) is 1. The van der Waals surface area contributed by atoms with Gasteiger partial charge in [-0.25, -0.2) is 9.67 Å². The van der Waals surface area contributed by atoms with Crippen LogP contribution in [0.5, 0.6) is 28.9 Å². The Labute approximate surface area is 218 Å². The van der Waals surface area contributed by atoms with E-state index in [1.54, 1.807) is 80.1 Å². The predicted octanol–water partition coefficient (Wildman–Crippen LogP) is 4.67. The van der Waals surface area contributed by atoms with Crippen LogP contribution in [0.15, 0.2) is 73.4 Å². The molecule has 0 aliphatic carbocycles. The second-order valence-electron chi connectivity index (χ2n) is 7.91. The molecule has 0 spiro atoms. The minimum Gasteiger partial charge on any atom is -0.493 e. The molecule has 4 aromatic heterocycles. The van der Waals surface area contributed by atoms with E-state index < -0.39 is 5.91 Å². The van der Waals surface area contributed by atoms with Gasteiger partial charge in [-0.3, -0.25) is 14.8 Å². The molecule has 0 saturated carbocycles. The number of nitrogens with zero attached hydrogens (tertiary/aromatic N) is 5. The molecular formula is C27H24N6O5. The second-order valence-corrected chi connectivity index (χ2v) is 7.91. The van der Waals surface area contributed by atoms with Gasteiger partial charge >= 0.3 is 0 Å². The van der Waals surface area contributed by atoms with Gasteiger partial charge in [0.15, 0.2) is 11.5 Å². The molecule has 0 radical (unpaired) electrons. The summed E-state index contributed by atoms with van der Waals surface area (Å²) in [7, 11) is 3.14. The highest BCUT2D eigenvalue weighted by atomic mass is 16.5. The van der Waals surface area contributed by atoms with E-state index >= 15 is 0 Å². The monoisotopic (exact) mass is 512 g/mol. The van der Waals surface area contributed by atoms with E-state index in [1.807, 2.05) is 13.0 Å². The summed E-state index contributed by atoms with van der Waals surface area (Å²) in [5.41, 5.74) is 1.66. The van der Waals surface area contributed by atoms with Crippen LogP contribution in [0.2, 0.25) is 0 Å². The maximum atomic E-state index is 13.0. The predicted molar refractivity (Wildman–Crippen MR) is 140 cm³/mol. The highest BCUT2D eigenvalue weighted by Crippen LogP contribution is 2.36. The fourth-order valence-electron chi connectivity index (χ4n) is 3.74. The average molecular weight is 513 g/mol. The molecule has 1 amide bonds. The molecular weight excluding hydrogens is 488 g/mol. The van der Waals surface area contributed by atoms with Gasteiger partial charge in [-0.15, -0.1) is 5.10 Å². The molecule has 0 saturated heterocycles. The van der Waals surface area contributed by atoms with Crippen molar-refractivity contribution in [2.45, 2.75) is 6.92 Å². The Balaban J connectivity index is 1.34. The Morgan fingerprint density at radius 3 is 2.53 bits per heavy atom. The van der Waals surface area contributed by atoms with E-state index in [9.17, 15) is 4.79 Å². The first-order valence-corrected chi connectivity index (χ1v) is 11.7. The molecule has 5 rings (SSSR count). The quantitative estimate of drug-likeness (QED) is 0.300. The molecule has 1 N–H and O–H groups in total. The first-order chi connectivity index (χ1) is 18.6. The summed E-state index contributed by atoms with van der Waals surface area (Å²) in [6.07, 6.45) is 8.06. The summed E-state index contributed by atoms with van der Waals surface area (Å²) in [5, 5.41) is 7.90. The van der Waals surface area contributed by atoms with Crippen molar-refractivity contribution in [3.8, 4) is 34.6 Å². The van der Waals surface area contributed by atoms with Crippen molar-refractivity contribution < 1.29 is 23.7 Å². The van der Waals surface area contributed by atoms with Crippen LogP contribution >= 0.6 is 0 Å². The summed E-state index contributed by atoms with van der Waals surface area (Å²) in [5.74, 6) is 2.32. The number of aromatic nitrogens is 5. The van der Waals surface area contributed by atoms with Crippen molar-refractivity contribution in [2.24, 2.45) is 0 Å². The minimum absolute atomic E-state index is 0.213. The van der Waals surface area contributed by atoms with Crippen LogP contribution in [0.1, 0.15) is 17.3 Å². The molecule has 5 aromatic rings. The minimum atomic E-state index is -0.411. The van der Waals surface area contributed by atoms with E-state index in [0.29, 0.717) is 46.6 Å². The average Bonchev–Trinajstić information content (AvgIpc) is 3.38. The molecule has 192 valence electrons. The van der Waals surface area contributed by atoms with Crippen LogP contribution in [0, 0.1) is 0 Å². The molecule has 38 heavy (non-hydrogen) atoms. The first kappa shape index (κ1) is 24.5. The zero-order valence-corrected chi connectivity index (χ0v) is 20.9. The standard InChI is InChI=1S/C27H24N6O5/c1-4-37-27-20(16-33(32-27)17-6-5-10-28-14-17)26(34)31-25-8-7-18(15-30-25)38-22-9-11-29-21-13-24(36-3)23(35-2)12-19(21)22/h5-16H,4H2,1-3H3,(H,30,31,34). The van der Waals surface area contributed by atoms with Crippen molar-refractivity contribution in [2.75, 3.05) is 26.1 Å². The zero-order valence-electron chi connectivity index (χ0n) is 20.9. The topological polar surface area (TPSA) is 123 Å². The molecule has 0 bridgehead atoms. The molecule has 11 heteroatoms. The third kappa shape index (κ3) is 5.03. The molecule has 0 aliphatic rings. The summed E-state index contributed by atoms with van der Waals surface area (Å²) >= 11 is 0. The van der Waals surface area contributed by atoms with Crippen LogP contribution in [-0.4, -0.2) is 51.5 Å². The van der Waals surface area contributed by atoms with Gasteiger partial charge in [-0.1, -0.05) is 0 Å². The molecule has 1 aromatic carbocycles. The lowest BCUT2D eigenvalue weighted by atomic mass is 10.2. The van der Waals surface area contributed by atoms with E-state index in [1.165, 1.54) is 6.20 Å². The van der Waals surface area contributed by atoms with Gasteiger partial charge < -0.3 is 24.3 Å². The van der Waals surface area contributed by atoms with E-state index in [2.05, 4.69) is 25.4 Å². The number of amides is 1. The van der Waals surface area contributed by atoms with Gasteiger partial charge in [0.05, 0.1) is 44.4 Å². The zero-order chi connectivity index (χ0) is 26.5. The second kappa shape index (κ2) is 10.8. The SMILES string of the molecule is CCOc1nn(-c2cccnc2)cc1C(=O)Nc1ccc(Oc2ccnc3cc(OC)c(OC)cc23)cn1. The smallest absolute Gasteiger partial charge is 0.263 e. The number of carbonyl (C=O) groups excluding carboxylic acids is 1. The van der Waals surface area contributed by atoms with E-state index in [4.69, 9.17) is 18.9 Å². The van der Waals surface area contributed by atoms with Crippen LogP contribution in [0.25, 0.3) is 16.6 Å². The van der Waals surface area contributed by atoms with Crippen molar-refractivity contribution in [3.05, 3.63) is 79.0 Å². The number of carbonyl (C=O) groups is 1. The Morgan fingerprint density at radius 1 is 0.974 bits per heavy atom. The van der Waals surface area contributed by atoms with Crippen molar-refractivity contribution >= 4 is 22.6 Å². The number of rotatable bonds is 9. The Kier molecular flexibility index (Phi) is 6.98. The van der Waals surface area contributed by atoms with Crippen molar-refractivity contribution in [1.29, 1.82) is 0 Å². The Bertz CT molecular complexity index is 1570. The van der Waals surface area contributed by atoms with Crippen molar-refractivity contribution in [3.63, 3.8) is 0 Å².